The number of amides is 2. The molecule has 2 N–H and O–H groups in total. The summed E-state index contributed by atoms with van der Waals surface area (Å²) in [6.45, 7) is 1.70. The van der Waals surface area contributed by atoms with E-state index in [0.717, 1.165) is 18.4 Å². The van der Waals surface area contributed by atoms with Gasteiger partial charge in [0.05, 0.1) is 17.8 Å². The van der Waals surface area contributed by atoms with Crippen LogP contribution < -0.4 is 5.32 Å². The fraction of sp³-hybridized carbons (Fsp3) is 0.467. The third-order valence-electron chi connectivity index (χ3n) is 3.98. The molecule has 0 radical (unpaired) electrons. The highest BCUT2D eigenvalue weighted by Gasteiger charge is 2.35. The molecule has 2 unspecified atom stereocenters. The molecule has 2 saturated heterocycles. The molecule has 0 saturated carbocycles. The predicted molar refractivity (Wildman–Crippen MR) is 75.1 cm³/mol. The minimum atomic E-state index is -0.950. The van der Waals surface area contributed by atoms with Gasteiger partial charge in [-0.15, -0.1) is 0 Å². The Morgan fingerprint density at radius 1 is 1.19 bits per heavy atom. The lowest BCUT2D eigenvalue weighted by atomic mass is 10.1. The third-order valence-corrected chi connectivity index (χ3v) is 3.98. The van der Waals surface area contributed by atoms with Gasteiger partial charge in [0.1, 0.15) is 0 Å². The van der Waals surface area contributed by atoms with E-state index in [1.54, 1.807) is 29.2 Å². The summed E-state index contributed by atoms with van der Waals surface area (Å²) in [5, 5.41) is 11.7. The molecule has 2 bridgehead atoms. The number of carbonyl (C=O) groups excluding carboxylic acids is 1. The van der Waals surface area contributed by atoms with Crippen LogP contribution in [0.25, 0.3) is 0 Å². The maximum Gasteiger partial charge on any atom is 0.335 e. The van der Waals surface area contributed by atoms with E-state index in [4.69, 9.17) is 9.84 Å². The van der Waals surface area contributed by atoms with Crippen molar-refractivity contribution >= 4 is 12.0 Å². The van der Waals surface area contributed by atoms with Crippen LogP contribution in [-0.2, 0) is 11.3 Å². The molecule has 112 valence electrons. The number of hydrogen-bond donors (Lipinski definition) is 2. The van der Waals surface area contributed by atoms with Crippen molar-refractivity contribution in [2.75, 3.05) is 13.1 Å². The number of rotatable bonds is 3. The first-order chi connectivity index (χ1) is 10.1. The predicted octanol–water partition coefficient (Wildman–Crippen LogP) is 1.46. The lowest BCUT2D eigenvalue weighted by Crippen LogP contribution is -2.49. The third kappa shape index (κ3) is 3.16. The van der Waals surface area contributed by atoms with E-state index in [-0.39, 0.29) is 23.8 Å². The number of ether oxygens (including phenoxy) is 1. The van der Waals surface area contributed by atoms with Gasteiger partial charge in [0.15, 0.2) is 0 Å². The van der Waals surface area contributed by atoms with Crippen LogP contribution in [0.1, 0.15) is 28.8 Å². The number of hydrogen-bond acceptors (Lipinski definition) is 3. The van der Waals surface area contributed by atoms with Gasteiger partial charge in [0.2, 0.25) is 0 Å². The van der Waals surface area contributed by atoms with Crippen LogP contribution in [0.15, 0.2) is 24.3 Å². The van der Waals surface area contributed by atoms with E-state index in [1.807, 2.05) is 0 Å². The molecule has 2 fully saturated rings. The number of morpholine rings is 1. The van der Waals surface area contributed by atoms with Crippen LogP contribution in [0.4, 0.5) is 4.79 Å². The Kier molecular flexibility index (Phi) is 3.79. The van der Waals surface area contributed by atoms with Crippen LogP contribution in [0.2, 0.25) is 0 Å². The van der Waals surface area contributed by atoms with Gasteiger partial charge in [-0.25, -0.2) is 9.59 Å². The molecule has 0 spiro atoms. The SMILES string of the molecule is O=C(O)c1ccc(CNC(=O)N2CC3CCC(C2)O3)cc1. The first-order valence-corrected chi connectivity index (χ1v) is 7.12. The van der Waals surface area contributed by atoms with Crippen molar-refractivity contribution in [1.29, 1.82) is 0 Å². The van der Waals surface area contributed by atoms with Gasteiger partial charge in [0, 0.05) is 19.6 Å². The molecule has 2 heterocycles. The molecule has 21 heavy (non-hydrogen) atoms. The van der Waals surface area contributed by atoms with Crippen molar-refractivity contribution < 1.29 is 19.4 Å². The summed E-state index contributed by atoms with van der Waals surface area (Å²) in [6.07, 6.45) is 2.43. The molecule has 6 heteroatoms. The number of carboxylic acid groups (broad SMARTS) is 1. The molecule has 2 aliphatic rings. The first-order valence-electron chi connectivity index (χ1n) is 7.12. The number of carboxylic acids is 1. The highest BCUT2D eigenvalue weighted by Crippen LogP contribution is 2.26. The van der Waals surface area contributed by atoms with E-state index in [2.05, 4.69) is 5.32 Å². The molecule has 0 aromatic heterocycles. The van der Waals surface area contributed by atoms with Crippen molar-refractivity contribution in [2.45, 2.75) is 31.6 Å². The van der Waals surface area contributed by atoms with Crippen LogP contribution in [0, 0.1) is 0 Å². The van der Waals surface area contributed by atoms with Crippen molar-refractivity contribution in [2.24, 2.45) is 0 Å². The number of likely N-dealkylation sites (tertiary alicyclic amines) is 1. The molecular formula is C15H18N2O4. The van der Waals surface area contributed by atoms with Gasteiger partial charge in [-0.1, -0.05) is 12.1 Å². The summed E-state index contributed by atoms with van der Waals surface area (Å²) in [6, 6.07) is 6.43. The Morgan fingerprint density at radius 3 is 2.38 bits per heavy atom. The molecule has 1 aromatic rings. The summed E-state index contributed by atoms with van der Waals surface area (Å²) >= 11 is 0. The fourth-order valence-electron chi connectivity index (χ4n) is 2.84. The normalized spacial score (nSPS) is 23.9. The molecule has 6 nitrogen and oxygen atoms in total. The number of carbonyl (C=O) groups is 2. The maximum absolute atomic E-state index is 12.1. The van der Waals surface area contributed by atoms with Crippen molar-refractivity contribution in [3.63, 3.8) is 0 Å². The minimum absolute atomic E-state index is 0.0856. The number of aromatic carboxylic acids is 1. The summed E-state index contributed by atoms with van der Waals surface area (Å²) in [5.74, 6) is -0.950. The highest BCUT2D eigenvalue weighted by molar-refractivity contribution is 5.87. The van der Waals surface area contributed by atoms with Crippen molar-refractivity contribution in [1.82, 2.24) is 10.2 Å². The zero-order valence-corrected chi connectivity index (χ0v) is 11.6. The fourth-order valence-corrected chi connectivity index (χ4v) is 2.84. The van der Waals surface area contributed by atoms with Gasteiger partial charge in [0.25, 0.3) is 0 Å². The Morgan fingerprint density at radius 2 is 1.81 bits per heavy atom. The number of nitrogens with one attached hydrogen (secondary N) is 1. The van der Waals surface area contributed by atoms with Crippen molar-refractivity contribution in [3.8, 4) is 0 Å². The smallest absolute Gasteiger partial charge is 0.335 e. The molecular weight excluding hydrogens is 272 g/mol. The molecule has 2 atom stereocenters. The van der Waals surface area contributed by atoms with Crippen LogP contribution in [0.3, 0.4) is 0 Å². The second-order valence-electron chi connectivity index (χ2n) is 5.52. The molecule has 2 amide bonds. The van der Waals surface area contributed by atoms with Gasteiger partial charge >= 0.3 is 12.0 Å². The van der Waals surface area contributed by atoms with E-state index in [1.165, 1.54) is 0 Å². The topological polar surface area (TPSA) is 78.9 Å². The van der Waals surface area contributed by atoms with Crippen LogP contribution in [0.5, 0.6) is 0 Å². The Hall–Kier alpha value is -2.08. The molecule has 3 rings (SSSR count). The Bertz CT molecular complexity index is 531. The lowest BCUT2D eigenvalue weighted by molar-refractivity contribution is -0.0238. The van der Waals surface area contributed by atoms with Crippen molar-refractivity contribution in [3.05, 3.63) is 35.4 Å². The van der Waals surface area contributed by atoms with E-state index in [9.17, 15) is 9.59 Å². The van der Waals surface area contributed by atoms with Gasteiger partial charge in [-0.05, 0) is 30.5 Å². The summed E-state index contributed by atoms with van der Waals surface area (Å²) in [5.41, 5.74) is 1.12. The van der Waals surface area contributed by atoms with Gasteiger partial charge < -0.3 is 20.1 Å². The number of urea groups is 1. The average Bonchev–Trinajstić information content (AvgIpc) is 2.83. The molecule has 0 aliphatic carbocycles. The summed E-state index contributed by atoms with van der Waals surface area (Å²) in [4.78, 5) is 24.7. The van der Waals surface area contributed by atoms with E-state index < -0.39 is 5.97 Å². The number of benzene rings is 1. The zero-order chi connectivity index (χ0) is 14.8. The van der Waals surface area contributed by atoms with Crippen LogP contribution in [-0.4, -0.2) is 47.3 Å². The highest BCUT2D eigenvalue weighted by atomic mass is 16.5. The van der Waals surface area contributed by atoms with Gasteiger partial charge in [-0.3, -0.25) is 0 Å². The Labute approximate surface area is 122 Å². The van der Waals surface area contributed by atoms with E-state index in [0.29, 0.717) is 19.6 Å². The largest absolute Gasteiger partial charge is 0.478 e. The standard InChI is InChI=1S/C15H18N2O4/c18-14(19)11-3-1-10(2-4-11)7-16-15(20)17-8-12-5-6-13(9-17)21-12/h1-4,12-13H,5-9H2,(H,16,20)(H,18,19). The monoisotopic (exact) mass is 290 g/mol. The Balaban J connectivity index is 1.52. The van der Waals surface area contributed by atoms with E-state index >= 15 is 0 Å². The number of fused-ring (bicyclic) bond motifs is 2. The molecule has 1 aromatic carbocycles. The second kappa shape index (κ2) is 5.73. The lowest BCUT2D eigenvalue weighted by Gasteiger charge is -2.32. The molecule has 2 aliphatic heterocycles. The summed E-state index contributed by atoms with van der Waals surface area (Å²) in [7, 11) is 0. The maximum atomic E-state index is 12.1. The second-order valence-corrected chi connectivity index (χ2v) is 5.52. The minimum Gasteiger partial charge on any atom is -0.478 e. The zero-order valence-electron chi connectivity index (χ0n) is 11.6. The van der Waals surface area contributed by atoms with Gasteiger partial charge in [-0.2, -0.15) is 0 Å². The first kappa shape index (κ1) is 13.9. The summed E-state index contributed by atoms with van der Waals surface area (Å²) < 4.78 is 5.70. The van der Waals surface area contributed by atoms with Crippen LogP contribution >= 0.6 is 0 Å². The quantitative estimate of drug-likeness (QED) is 0.883. The average molecular weight is 290 g/mol. The number of nitrogens with zero attached hydrogens (tertiary/aromatic N) is 1.